The third kappa shape index (κ3) is 3.75. The highest BCUT2D eigenvalue weighted by Crippen LogP contribution is 2.44. The van der Waals surface area contributed by atoms with Crippen molar-refractivity contribution in [3.63, 3.8) is 0 Å². The monoisotopic (exact) mass is 365 g/mol. The minimum atomic E-state index is -3.44. The normalized spacial score (nSPS) is 29.4. The SMILES string of the molecule is CC[C@]1(O)CCC[C@H]2CN(C(=O)CCS(=O)(=O)c3ccccc3)C[C@H]21. The van der Waals surface area contributed by atoms with Gasteiger partial charge >= 0.3 is 0 Å². The van der Waals surface area contributed by atoms with Crippen molar-refractivity contribution in [2.45, 2.75) is 49.5 Å². The highest BCUT2D eigenvalue weighted by Gasteiger charge is 2.48. The van der Waals surface area contributed by atoms with Crippen molar-refractivity contribution in [1.82, 2.24) is 4.90 Å². The van der Waals surface area contributed by atoms with Gasteiger partial charge in [0.1, 0.15) is 0 Å². The minimum Gasteiger partial charge on any atom is -0.390 e. The van der Waals surface area contributed by atoms with Crippen LogP contribution in [0.3, 0.4) is 0 Å². The van der Waals surface area contributed by atoms with E-state index in [1.54, 1.807) is 35.2 Å². The first-order valence-corrected chi connectivity index (χ1v) is 10.8. The molecule has 3 rings (SSSR count). The lowest BCUT2D eigenvalue weighted by Gasteiger charge is -2.40. The molecule has 1 aliphatic heterocycles. The number of likely N-dealkylation sites (tertiary alicyclic amines) is 1. The number of rotatable bonds is 5. The van der Waals surface area contributed by atoms with Crippen LogP contribution in [0.1, 0.15) is 39.0 Å². The quantitative estimate of drug-likeness (QED) is 0.868. The van der Waals surface area contributed by atoms with E-state index in [2.05, 4.69) is 0 Å². The van der Waals surface area contributed by atoms with Crippen LogP contribution in [0.2, 0.25) is 0 Å². The average Bonchev–Trinajstić information content (AvgIpc) is 3.07. The molecule has 138 valence electrons. The number of hydrogen-bond donors (Lipinski definition) is 1. The molecule has 2 aliphatic rings. The molecule has 1 aromatic rings. The van der Waals surface area contributed by atoms with Crippen molar-refractivity contribution in [3.05, 3.63) is 30.3 Å². The molecule has 5 nitrogen and oxygen atoms in total. The van der Waals surface area contributed by atoms with Crippen molar-refractivity contribution in [2.24, 2.45) is 11.8 Å². The summed E-state index contributed by atoms with van der Waals surface area (Å²) >= 11 is 0. The molecule has 0 unspecified atom stereocenters. The summed E-state index contributed by atoms with van der Waals surface area (Å²) in [4.78, 5) is 14.6. The Kier molecular flexibility index (Phi) is 5.21. The molecule has 0 radical (unpaired) electrons. The van der Waals surface area contributed by atoms with Crippen LogP contribution in [0.5, 0.6) is 0 Å². The van der Waals surface area contributed by atoms with Gasteiger partial charge in [-0.05, 0) is 37.3 Å². The summed E-state index contributed by atoms with van der Waals surface area (Å²) in [6, 6.07) is 8.26. The summed E-state index contributed by atoms with van der Waals surface area (Å²) in [5.74, 6) is 0.182. The zero-order valence-electron chi connectivity index (χ0n) is 14.7. The lowest BCUT2D eigenvalue weighted by Crippen LogP contribution is -2.44. The Hall–Kier alpha value is -1.40. The summed E-state index contributed by atoms with van der Waals surface area (Å²) in [7, 11) is -3.44. The topological polar surface area (TPSA) is 74.7 Å². The fourth-order valence-electron chi connectivity index (χ4n) is 4.40. The van der Waals surface area contributed by atoms with Crippen LogP contribution in [0.25, 0.3) is 0 Å². The molecule has 1 amide bonds. The van der Waals surface area contributed by atoms with Gasteiger partial charge in [0.05, 0.1) is 16.2 Å². The Morgan fingerprint density at radius 3 is 2.68 bits per heavy atom. The summed E-state index contributed by atoms with van der Waals surface area (Å²) in [5, 5.41) is 10.8. The van der Waals surface area contributed by atoms with E-state index in [1.807, 2.05) is 6.92 Å². The van der Waals surface area contributed by atoms with E-state index in [0.717, 1.165) is 19.3 Å². The van der Waals surface area contributed by atoms with E-state index in [9.17, 15) is 18.3 Å². The summed E-state index contributed by atoms with van der Waals surface area (Å²) in [6.07, 6.45) is 3.55. The van der Waals surface area contributed by atoms with Crippen LogP contribution in [0.15, 0.2) is 35.2 Å². The standard InChI is InChI=1S/C19H27NO4S/c1-2-19(22)11-6-7-15-13-20(14-17(15)19)18(21)10-12-25(23,24)16-8-4-3-5-9-16/h3-5,8-9,15,17,22H,2,6-7,10-14H2,1H3/t15-,17+,19-/m0/s1. The lowest BCUT2D eigenvalue weighted by atomic mass is 9.69. The first-order chi connectivity index (χ1) is 11.9. The van der Waals surface area contributed by atoms with Gasteiger partial charge in [0, 0.05) is 25.4 Å². The maximum atomic E-state index is 12.5. The third-order valence-corrected chi connectivity index (χ3v) is 7.70. The Labute approximate surface area is 150 Å². The number of hydrogen-bond acceptors (Lipinski definition) is 4. The molecule has 1 aromatic carbocycles. The van der Waals surface area contributed by atoms with Crippen molar-refractivity contribution in [3.8, 4) is 0 Å². The van der Waals surface area contributed by atoms with E-state index in [0.29, 0.717) is 25.4 Å². The van der Waals surface area contributed by atoms with Gasteiger partial charge in [-0.3, -0.25) is 4.79 Å². The molecular weight excluding hydrogens is 338 g/mol. The van der Waals surface area contributed by atoms with Gasteiger partial charge in [-0.25, -0.2) is 8.42 Å². The van der Waals surface area contributed by atoms with Gasteiger partial charge in [-0.15, -0.1) is 0 Å². The predicted octanol–water partition coefficient (Wildman–Crippen LogP) is 2.25. The van der Waals surface area contributed by atoms with Crippen LogP contribution in [-0.4, -0.2) is 48.8 Å². The fourth-order valence-corrected chi connectivity index (χ4v) is 5.65. The molecule has 1 aliphatic carbocycles. The molecule has 1 saturated carbocycles. The van der Waals surface area contributed by atoms with Gasteiger partial charge < -0.3 is 10.0 Å². The average molecular weight is 365 g/mol. The number of nitrogens with zero attached hydrogens (tertiary/aromatic N) is 1. The lowest BCUT2D eigenvalue weighted by molar-refractivity contribution is -0.130. The fraction of sp³-hybridized carbons (Fsp3) is 0.632. The van der Waals surface area contributed by atoms with Crippen LogP contribution >= 0.6 is 0 Å². The van der Waals surface area contributed by atoms with Crippen LogP contribution in [-0.2, 0) is 14.6 Å². The third-order valence-electron chi connectivity index (χ3n) is 5.97. The van der Waals surface area contributed by atoms with Gasteiger partial charge in [-0.1, -0.05) is 31.5 Å². The predicted molar refractivity (Wildman–Crippen MR) is 95.8 cm³/mol. The van der Waals surface area contributed by atoms with Crippen LogP contribution in [0.4, 0.5) is 0 Å². The number of carbonyl (C=O) groups is 1. The van der Waals surface area contributed by atoms with E-state index in [1.165, 1.54) is 0 Å². The first-order valence-electron chi connectivity index (χ1n) is 9.14. The molecule has 2 fully saturated rings. The second-order valence-electron chi connectivity index (χ2n) is 7.40. The molecule has 25 heavy (non-hydrogen) atoms. The van der Waals surface area contributed by atoms with Crippen LogP contribution < -0.4 is 0 Å². The van der Waals surface area contributed by atoms with Crippen molar-refractivity contribution < 1.29 is 18.3 Å². The van der Waals surface area contributed by atoms with Crippen LogP contribution in [0, 0.1) is 11.8 Å². The van der Waals surface area contributed by atoms with E-state index in [-0.39, 0.29) is 28.9 Å². The Morgan fingerprint density at radius 2 is 2.00 bits per heavy atom. The highest BCUT2D eigenvalue weighted by molar-refractivity contribution is 7.91. The number of fused-ring (bicyclic) bond motifs is 1. The molecule has 1 heterocycles. The number of aliphatic hydroxyl groups is 1. The maximum Gasteiger partial charge on any atom is 0.223 e. The number of benzene rings is 1. The molecule has 3 atom stereocenters. The zero-order valence-corrected chi connectivity index (χ0v) is 15.5. The van der Waals surface area contributed by atoms with Gasteiger partial charge in [0.2, 0.25) is 5.91 Å². The molecule has 0 spiro atoms. The van der Waals surface area contributed by atoms with Gasteiger partial charge in [0.25, 0.3) is 0 Å². The largest absolute Gasteiger partial charge is 0.390 e. The van der Waals surface area contributed by atoms with E-state index >= 15 is 0 Å². The summed E-state index contributed by atoms with van der Waals surface area (Å²) < 4.78 is 24.7. The summed E-state index contributed by atoms with van der Waals surface area (Å²) in [6.45, 7) is 3.20. The molecule has 1 saturated heterocycles. The molecule has 0 aromatic heterocycles. The van der Waals surface area contributed by atoms with E-state index in [4.69, 9.17) is 0 Å². The van der Waals surface area contributed by atoms with Crippen molar-refractivity contribution in [1.29, 1.82) is 0 Å². The molecule has 0 bridgehead atoms. The van der Waals surface area contributed by atoms with Crippen molar-refractivity contribution in [2.75, 3.05) is 18.8 Å². The summed E-state index contributed by atoms with van der Waals surface area (Å²) in [5.41, 5.74) is -0.673. The number of amides is 1. The second-order valence-corrected chi connectivity index (χ2v) is 9.51. The number of carbonyl (C=O) groups excluding carboxylic acids is 1. The first kappa shape index (κ1) is 18.4. The minimum absolute atomic E-state index is 0.00121. The Bertz CT molecular complexity index is 718. The van der Waals surface area contributed by atoms with E-state index < -0.39 is 15.4 Å². The Morgan fingerprint density at radius 1 is 1.28 bits per heavy atom. The smallest absolute Gasteiger partial charge is 0.223 e. The second kappa shape index (κ2) is 7.08. The molecular formula is C19H27NO4S. The van der Waals surface area contributed by atoms with Gasteiger partial charge in [0.15, 0.2) is 9.84 Å². The molecule has 6 heteroatoms. The molecule has 1 N–H and O–H groups in total. The van der Waals surface area contributed by atoms with Gasteiger partial charge in [-0.2, -0.15) is 0 Å². The Balaban J connectivity index is 1.61. The highest BCUT2D eigenvalue weighted by atomic mass is 32.2. The zero-order chi connectivity index (χ0) is 18.1. The maximum absolute atomic E-state index is 12.5. The number of sulfone groups is 1. The van der Waals surface area contributed by atoms with Crippen molar-refractivity contribution >= 4 is 15.7 Å².